The number of hydrogen-bond acceptors (Lipinski definition) is 5. The average molecular weight is 265 g/mol. The van der Waals surface area contributed by atoms with Gasteiger partial charge in [0.1, 0.15) is 0 Å². The first kappa shape index (κ1) is 15.1. The molecule has 0 spiro atoms. The first-order chi connectivity index (χ1) is 8.82. The lowest BCUT2D eigenvalue weighted by Crippen LogP contribution is -2.28. The predicted octanol–water partition coefficient (Wildman–Crippen LogP) is 1.80. The Kier molecular flexibility index (Phi) is 5.00. The minimum atomic E-state index is -0.527. The molecule has 0 aromatic heterocycles. The number of carbonyl (C=O) groups is 1. The van der Waals surface area contributed by atoms with Gasteiger partial charge in [-0.3, -0.25) is 14.9 Å². The van der Waals surface area contributed by atoms with Crippen LogP contribution in [0.4, 0.5) is 11.4 Å². The van der Waals surface area contributed by atoms with Crippen LogP contribution in [0.25, 0.3) is 0 Å². The van der Waals surface area contributed by atoms with Crippen molar-refractivity contribution in [1.29, 1.82) is 0 Å². The third-order valence-corrected chi connectivity index (χ3v) is 2.88. The summed E-state index contributed by atoms with van der Waals surface area (Å²) in [5, 5.41) is 10.9. The lowest BCUT2D eigenvalue weighted by molar-refractivity contribution is -0.385. The molecular weight excluding hydrogens is 246 g/mol. The minimum Gasteiger partial charge on any atom is -0.373 e. The van der Waals surface area contributed by atoms with E-state index in [4.69, 9.17) is 0 Å². The number of hydrogen-bond donors (Lipinski definition) is 0. The predicted molar refractivity (Wildman–Crippen MR) is 74.9 cm³/mol. The van der Waals surface area contributed by atoms with E-state index in [1.165, 1.54) is 13.0 Å². The van der Waals surface area contributed by atoms with Crippen molar-refractivity contribution in [3.05, 3.63) is 33.9 Å². The first-order valence-electron chi connectivity index (χ1n) is 5.98. The van der Waals surface area contributed by atoms with E-state index in [1.54, 1.807) is 12.1 Å². The molecule has 0 radical (unpaired) electrons. The summed E-state index contributed by atoms with van der Waals surface area (Å²) in [5.74, 6) is -0.297. The van der Waals surface area contributed by atoms with Crippen molar-refractivity contribution < 1.29 is 9.72 Å². The van der Waals surface area contributed by atoms with Gasteiger partial charge in [-0.2, -0.15) is 0 Å². The van der Waals surface area contributed by atoms with E-state index in [0.29, 0.717) is 0 Å². The van der Waals surface area contributed by atoms with Gasteiger partial charge in [-0.25, -0.2) is 0 Å². The zero-order valence-electron chi connectivity index (χ0n) is 11.7. The summed E-state index contributed by atoms with van der Waals surface area (Å²) in [5.41, 5.74) is 0.814. The number of ketones is 1. The quantitative estimate of drug-likeness (QED) is 0.445. The van der Waals surface area contributed by atoms with Crippen LogP contribution < -0.4 is 4.90 Å². The Bertz CT molecular complexity index is 486. The highest BCUT2D eigenvalue weighted by molar-refractivity contribution is 5.99. The maximum Gasteiger partial charge on any atom is 0.280 e. The normalized spacial score (nSPS) is 10.6. The number of carbonyl (C=O) groups excluding carboxylic acids is 1. The number of likely N-dealkylation sites (N-methyl/N-ethyl adjacent to an activating group) is 2. The van der Waals surface area contributed by atoms with Crippen molar-refractivity contribution in [1.82, 2.24) is 4.90 Å². The van der Waals surface area contributed by atoms with Gasteiger partial charge in [0, 0.05) is 31.9 Å². The molecule has 6 heteroatoms. The Balaban J connectivity index is 3.01. The highest BCUT2D eigenvalue weighted by Gasteiger charge is 2.18. The van der Waals surface area contributed by atoms with Crippen molar-refractivity contribution in [3.8, 4) is 0 Å². The van der Waals surface area contributed by atoms with Crippen molar-refractivity contribution in [2.45, 2.75) is 6.92 Å². The molecule has 19 heavy (non-hydrogen) atoms. The summed E-state index contributed by atoms with van der Waals surface area (Å²) >= 11 is 0. The van der Waals surface area contributed by atoms with Crippen LogP contribution in [0.3, 0.4) is 0 Å². The minimum absolute atomic E-state index is 0.141. The fraction of sp³-hybridized carbons (Fsp3) is 0.462. The summed E-state index contributed by atoms with van der Waals surface area (Å²) in [4.78, 5) is 25.8. The highest BCUT2D eigenvalue weighted by Crippen LogP contribution is 2.24. The van der Waals surface area contributed by atoms with Gasteiger partial charge >= 0.3 is 0 Å². The summed E-state index contributed by atoms with van der Waals surface area (Å²) in [6.07, 6.45) is 0. The number of Topliss-reactive ketones (excluding diaryl/α,β-unsaturated/α-hetero) is 1. The fourth-order valence-corrected chi connectivity index (χ4v) is 1.68. The first-order valence-corrected chi connectivity index (χ1v) is 5.98. The van der Waals surface area contributed by atoms with E-state index < -0.39 is 4.92 Å². The molecule has 0 amide bonds. The third-order valence-electron chi connectivity index (χ3n) is 2.88. The van der Waals surface area contributed by atoms with Crippen LogP contribution in [0.15, 0.2) is 18.2 Å². The number of nitro groups is 1. The van der Waals surface area contributed by atoms with E-state index >= 15 is 0 Å². The zero-order valence-corrected chi connectivity index (χ0v) is 11.7. The molecule has 0 aliphatic carbocycles. The molecule has 0 fully saturated rings. The van der Waals surface area contributed by atoms with Gasteiger partial charge < -0.3 is 9.80 Å². The summed E-state index contributed by atoms with van der Waals surface area (Å²) in [6, 6.07) is 4.63. The van der Waals surface area contributed by atoms with Crippen LogP contribution in [-0.4, -0.2) is 49.8 Å². The molecule has 6 nitrogen and oxygen atoms in total. The van der Waals surface area contributed by atoms with Gasteiger partial charge in [-0.05, 0) is 33.2 Å². The topological polar surface area (TPSA) is 66.7 Å². The van der Waals surface area contributed by atoms with Crippen LogP contribution in [0, 0.1) is 10.1 Å². The zero-order chi connectivity index (χ0) is 14.6. The average Bonchev–Trinajstić information content (AvgIpc) is 2.34. The molecule has 0 aliphatic heterocycles. The van der Waals surface area contributed by atoms with Crippen LogP contribution in [0.1, 0.15) is 17.3 Å². The highest BCUT2D eigenvalue weighted by atomic mass is 16.6. The fourth-order valence-electron chi connectivity index (χ4n) is 1.68. The molecule has 104 valence electrons. The molecule has 0 N–H and O–H groups in total. The smallest absolute Gasteiger partial charge is 0.280 e. The van der Waals surface area contributed by atoms with E-state index in [2.05, 4.69) is 0 Å². The number of rotatable bonds is 6. The Morgan fingerprint density at radius 3 is 2.37 bits per heavy atom. The van der Waals surface area contributed by atoms with Crippen molar-refractivity contribution in [3.63, 3.8) is 0 Å². The monoisotopic (exact) mass is 265 g/mol. The lowest BCUT2D eigenvalue weighted by atomic mass is 10.1. The standard InChI is InChI=1S/C13H19N3O3/c1-10(17)12-9-11(5-6-13(12)16(18)19)15(4)8-7-14(2)3/h5-6,9H,7-8H2,1-4H3. The van der Waals surface area contributed by atoms with E-state index in [0.717, 1.165) is 18.8 Å². The molecule has 0 saturated heterocycles. The Morgan fingerprint density at radius 2 is 1.89 bits per heavy atom. The van der Waals surface area contributed by atoms with E-state index in [1.807, 2.05) is 30.9 Å². The second-order valence-corrected chi connectivity index (χ2v) is 4.74. The molecule has 0 atom stereocenters. The maximum absolute atomic E-state index is 11.5. The Labute approximate surface area is 112 Å². The van der Waals surface area contributed by atoms with Gasteiger partial charge in [0.25, 0.3) is 5.69 Å². The van der Waals surface area contributed by atoms with E-state index in [9.17, 15) is 14.9 Å². The van der Waals surface area contributed by atoms with Crippen LogP contribution >= 0.6 is 0 Å². The molecule has 0 unspecified atom stereocenters. The van der Waals surface area contributed by atoms with E-state index in [-0.39, 0.29) is 17.0 Å². The van der Waals surface area contributed by atoms with Crippen molar-refractivity contribution in [2.24, 2.45) is 0 Å². The maximum atomic E-state index is 11.5. The Morgan fingerprint density at radius 1 is 1.26 bits per heavy atom. The number of anilines is 1. The molecular formula is C13H19N3O3. The third kappa shape index (κ3) is 4.03. The van der Waals surface area contributed by atoms with Crippen LogP contribution in [0.5, 0.6) is 0 Å². The van der Waals surface area contributed by atoms with Gasteiger partial charge in [-0.1, -0.05) is 0 Å². The summed E-state index contributed by atoms with van der Waals surface area (Å²) < 4.78 is 0. The second kappa shape index (κ2) is 6.29. The van der Waals surface area contributed by atoms with Crippen molar-refractivity contribution >= 4 is 17.2 Å². The molecule has 1 aromatic carbocycles. The van der Waals surface area contributed by atoms with Gasteiger partial charge in [0.15, 0.2) is 5.78 Å². The van der Waals surface area contributed by atoms with Crippen molar-refractivity contribution in [2.75, 3.05) is 39.1 Å². The molecule has 0 bridgehead atoms. The summed E-state index contributed by atoms with van der Waals surface area (Å²) in [6.45, 7) is 2.98. The van der Waals surface area contributed by atoms with Gasteiger partial charge in [-0.15, -0.1) is 0 Å². The molecule has 1 aromatic rings. The number of nitrogens with zero attached hydrogens (tertiary/aromatic N) is 3. The number of nitro benzene ring substituents is 1. The summed E-state index contributed by atoms with van der Waals surface area (Å²) in [7, 11) is 5.85. The molecule has 0 heterocycles. The number of benzene rings is 1. The van der Waals surface area contributed by atoms with Crippen LogP contribution in [0.2, 0.25) is 0 Å². The SMILES string of the molecule is CC(=O)c1cc(N(C)CCN(C)C)ccc1[N+](=O)[O-]. The largest absolute Gasteiger partial charge is 0.373 e. The van der Waals surface area contributed by atoms with Crippen LogP contribution in [-0.2, 0) is 0 Å². The Hall–Kier alpha value is -1.95. The second-order valence-electron chi connectivity index (χ2n) is 4.74. The van der Waals surface area contributed by atoms with Gasteiger partial charge in [0.2, 0.25) is 0 Å². The lowest BCUT2D eigenvalue weighted by Gasteiger charge is -2.21. The van der Waals surface area contributed by atoms with Gasteiger partial charge in [0.05, 0.1) is 10.5 Å². The molecule has 0 aliphatic rings. The molecule has 1 rings (SSSR count). The molecule has 0 saturated carbocycles.